The Morgan fingerprint density at radius 3 is 2.59 bits per heavy atom. The molecule has 0 saturated carbocycles. The third-order valence-electron chi connectivity index (χ3n) is 3.71. The molecule has 1 heterocycles. The van der Waals surface area contributed by atoms with Gasteiger partial charge >= 0.3 is 5.97 Å². The molecule has 0 bridgehead atoms. The average Bonchev–Trinajstić information content (AvgIpc) is 2.69. The van der Waals surface area contributed by atoms with Gasteiger partial charge in [0, 0.05) is 12.8 Å². The van der Waals surface area contributed by atoms with Gasteiger partial charge in [0.2, 0.25) is 6.41 Å². The quantitative estimate of drug-likeness (QED) is 0.291. The zero-order chi connectivity index (χ0) is 19.8. The minimum atomic E-state index is -0.410. The number of anilines is 3. The number of hydrogen-bond donors (Lipinski definition) is 2. The van der Waals surface area contributed by atoms with Crippen LogP contribution < -0.4 is 16.0 Å². The van der Waals surface area contributed by atoms with E-state index in [0.717, 1.165) is 17.7 Å². The van der Waals surface area contributed by atoms with E-state index in [0.29, 0.717) is 28.6 Å². The van der Waals surface area contributed by atoms with E-state index in [1.807, 2.05) is 0 Å². The summed E-state index contributed by atoms with van der Waals surface area (Å²) in [6.45, 7) is 2.34. The molecule has 1 aromatic heterocycles. The van der Waals surface area contributed by atoms with Crippen molar-refractivity contribution in [3.8, 4) is 0 Å². The van der Waals surface area contributed by atoms with E-state index in [1.54, 1.807) is 31.3 Å². The molecule has 0 aliphatic heterocycles. The summed E-state index contributed by atoms with van der Waals surface area (Å²) in [6, 6.07) is 6.83. The van der Waals surface area contributed by atoms with E-state index >= 15 is 0 Å². The van der Waals surface area contributed by atoms with Crippen molar-refractivity contribution in [2.24, 2.45) is 0 Å². The summed E-state index contributed by atoms with van der Waals surface area (Å²) in [7, 11) is 3.03. The van der Waals surface area contributed by atoms with Crippen LogP contribution in [-0.2, 0) is 16.1 Å². The predicted molar refractivity (Wildman–Crippen MR) is 107 cm³/mol. The summed E-state index contributed by atoms with van der Waals surface area (Å²) >= 11 is 1.49. The molecule has 0 aliphatic rings. The van der Waals surface area contributed by atoms with Crippen LogP contribution in [0, 0.1) is 0 Å². The van der Waals surface area contributed by atoms with Crippen LogP contribution in [0.25, 0.3) is 0 Å². The van der Waals surface area contributed by atoms with Crippen LogP contribution in [-0.4, -0.2) is 42.3 Å². The first-order valence-corrected chi connectivity index (χ1v) is 9.39. The molecule has 8 nitrogen and oxygen atoms in total. The summed E-state index contributed by atoms with van der Waals surface area (Å²) in [4.78, 5) is 33.5. The number of hydrogen-bond acceptors (Lipinski definition) is 8. The molecule has 0 fully saturated rings. The van der Waals surface area contributed by atoms with Crippen LogP contribution >= 0.6 is 11.8 Å². The maximum absolute atomic E-state index is 11.8. The van der Waals surface area contributed by atoms with Crippen molar-refractivity contribution in [2.75, 3.05) is 35.9 Å². The second kappa shape index (κ2) is 9.77. The van der Waals surface area contributed by atoms with Crippen LogP contribution in [0.3, 0.4) is 0 Å². The number of nitrogens with zero attached hydrogens (tertiary/aromatic N) is 3. The fourth-order valence-electron chi connectivity index (χ4n) is 2.37. The van der Waals surface area contributed by atoms with Gasteiger partial charge in [0.1, 0.15) is 5.69 Å². The summed E-state index contributed by atoms with van der Waals surface area (Å²) < 4.78 is 4.69. The molecular formula is C18H23N5O3S. The van der Waals surface area contributed by atoms with Gasteiger partial charge in [-0.15, -0.1) is 0 Å². The van der Waals surface area contributed by atoms with Crippen LogP contribution in [0.2, 0.25) is 0 Å². The van der Waals surface area contributed by atoms with E-state index < -0.39 is 5.97 Å². The minimum Gasteiger partial charge on any atom is -0.465 e. The van der Waals surface area contributed by atoms with Crippen molar-refractivity contribution < 1.29 is 14.3 Å². The Hall–Kier alpha value is -2.81. The summed E-state index contributed by atoms with van der Waals surface area (Å²) in [5.41, 5.74) is 7.81. The van der Waals surface area contributed by atoms with E-state index in [4.69, 9.17) is 5.73 Å². The molecular weight excluding hydrogens is 366 g/mol. The zero-order valence-corrected chi connectivity index (χ0v) is 16.4. The van der Waals surface area contributed by atoms with Crippen LogP contribution in [0.4, 0.5) is 17.3 Å². The molecule has 2 rings (SSSR count). The third kappa shape index (κ3) is 5.10. The topological polar surface area (TPSA) is 110 Å². The lowest BCUT2D eigenvalue weighted by molar-refractivity contribution is -0.107. The number of rotatable bonds is 9. The fraction of sp³-hybridized carbons (Fsp3) is 0.333. The van der Waals surface area contributed by atoms with Gasteiger partial charge in [0.15, 0.2) is 16.8 Å². The van der Waals surface area contributed by atoms with Crippen molar-refractivity contribution in [2.45, 2.75) is 25.0 Å². The highest BCUT2D eigenvalue weighted by Crippen LogP contribution is 2.31. The number of nitrogens with one attached hydrogen (secondary N) is 1. The summed E-state index contributed by atoms with van der Waals surface area (Å²) in [5.74, 6) is 1.14. The highest BCUT2D eigenvalue weighted by atomic mass is 32.2. The highest BCUT2D eigenvalue weighted by Gasteiger charge is 2.18. The lowest BCUT2D eigenvalue weighted by Crippen LogP contribution is -2.24. The number of thioether (sulfide) groups is 1. The van der Waals surface area contributed by atoms with Gasteiger partial charge in [-0.25, -0.2) is 14.8 Å². The zero-order valence-electron chi connectivity index (χ0n) is 15.6. The number of benzene rings is 1. The van der Waals surface area contributed by atoms with E-state index in [-0.39, 0.29) is 12.4 Å². The first kappa shape index (κ1) is 20.5. The molecule has 1 aromatic carbocycles. The number of methoxy groups -OCH3 is 1. The molecule has 2 aromatic rings. The van der Waals surface area contributed by atoms with Gasteiger partial charge in [-0.3, -0.25) is 9.69 Å². The van der Waals surface area contributed by atoms with Crippen molar-refractivity contribution in [3.05, 3.63) is 35.4 Å². The molecule has 27 heavy (non-hydrogen) atoms. The number of nitrogens with two attached hydrogens (primary N) is 1. The Bertz CT molecular complexity index is 798. The summed E-state index contributed by atoms with van der Waals surface area (Å²) in [6.07, 6.45) is 1.67. The lowest BCUT2D eigenvalue weighted by Gasteiger charge is -2.21. The standard InChI is InChI=1S/C18H23N5O3S/c1-4-9-27-18-21-15(19)14(20-2)16(22-18)23(11-24)10-12-5-7-13(8-6-12)17(25)26-3/h5-8,11,20H,4,9-10H2,1-3H3,(H2,19,21,22). The molecule has 3 N–H and O–H groups in total. The first-order chi connectivity index (χ1) is 13.0. The second-order valence-corrected chi connectivity index (χ2v) is 6.67. The lowest BCUT2D eigenvalue weighted by atomic mass is 10.1. The predicted octanol–water partition coefficient (Wildman–Crippen LogP) is 2.55. The maximum Gasteiger partial charge on any atom is 0.337 e. The molecule has 0 radical (unpaired) electrons. The molecule has 0 aliphatic carbocycles. The van der Waals surface area contributed by atoms with Gasteiger partial charge in [-0.1, -0.05) is 30.8 Å². The van der Waals surface area contributed by atoms with Crippen LogP contribution in [0.1, 0.15) is 29.3 Å². The molecule has 9 heteroatoms. The Balaban J connectivity index is 2.31. The Labute approximate surface area is 162 Å². The molecule has 1 amide bonds. The van der Waals surface area contributed by atoms with Gasteiger partial charge in [-0.05, 0) is 24.1 Å². The van der Waals surface area contributed by atoms with E-state index in [9.17, 15) is 9.59 Å². The van der Waals surface area contributed by atoms with E-state index in [2.05, 4.69) is 26.9 Å². The fourth-order valence-corrected chi connectivity index (χ4v) is 3.07. The van der Waals surface area contributed by atoms with E-state index in [1.165, 1.54) is 23.8 Å². The van der Waals surface area contributed by atoms with Gasteiger partial charge < -0.3 is 15.8 Å². The number of carbonyl (C=O) groups is 2. The summed E-state index contributed by atoms with van der Waals surface area (Å²) in [5, 5.41) is 3.48. The van der Waals surface area contributed by atoms with Crippen molar-refractivity contribution in [1.29, 1.82) is 0 Å². The van der Waals surface area contributed by atoms with Gasteiger partial charge in [-0.2, -0.15) is 0 Å². The number of carbonyl (C=O) groups excluding carboxylic acids is 2. The number of ether oxygens (including phenoxy) is 1. The Kier molecular flexibility index (Phi) is 7.42. The minimum absolute atomic E-state index is 0.272. The van der Waals surface area contributed by atoms with Crippen molar-refractivity contribution >= 4 is 41.5 Å². The molecule has 144 valence electrons. The Morgan fingerprint density at radius 2 is 2.04 bits per heavy atom. The smallest absolute Gasteiger partial charge is 0.337 e. The largest absolute Gasteiger partial charge is 0.465 e. The monoisotopic (exact) mass is 389 g/mol. The van der Waals surface area contributed by atoms with Crippen molar-refractivity contribution in [3.63, 3.8) is 0 Å². The molecule has 0 unspecified atom stereocenters. The number of aromatic nitrogens is 2. The van der Waals surface area contributed by atoms with Gasteiger partial charge in [0.05, 0.1) is 19.2 Å². The second-order valence-electron chi connectivity index (χ2n) is 5.61. The average molecular weight is 389 g/mol. The van der Waals surface area contributed by atoms with Crippen LogP contribution in [0.15, 0.2) is 29.4 Å². The van der Waals surface area contributed by atoms with Crippen LogP contribution in [0.5, 0.6) is 0 Å². The third-order valence-corrected chi connectivity index (χ3v) is 4.76. The first-order valence-electron chi connectivity index (χ1n) is 8.41. The SMILES string of the molecule is CCCSc1nc(N)c(NC)c(N(C=O)Cc2ccc(C(=O)OC)cc2)n1. The normalized spacial score (nSPS) is 10.3. The molecule has 0 spiro atoms. The maximum atomic E-state index is 11.8. The molecule has 0 saturated heterocycles. The highest BCUT2D eigenvalue weighted by molar-refractivity contribution is 7.99. The van der Waals surface area contributed by atoms with Crippen molar-refractivity contribution in [1.82, 2.24) is 9.97 Å². The Morgan fingerprint density at radius 1 is 1.33 bits per heavy atom. The molecule has 0 atom stereocenters. The number of esters is 1. The van der Waals surface area contributed by atoms with Gasteiger partial charge in [0.25, 0.3) is 0 Å². The number of amides is 1. The number of nitrogen functional groups attached to an aromatic ring is 1.